The van der Waals surface area contributed by atoms with Gasteiger partial charge in [-0.15, -0.1) is 0 Å². The Morgan fingerprint density at radius 1 is 0.900 bits per heavy atom. The highest BCUT2D eigenvalue weighted by atomic mass is 35.5. The number of nitrogens with zero attached hydrogens (tertiary/aromatic N) is 2. The largest absolute Gasteiger partial charge is 0.462 e. The van der Waals surface area contributed by atoms with Crippen LogP contribution in [0.15, 0.2) is 35.4 Å². The lowest BCUT2D eigenvalue weighted by Gasteiger charge is -2.67. The van der Waals surface area contributed by atoms with E-state index in [9.17, 15) is 19.2 Å². The van der Waals surface area contributed by atoms with Crippen LogP contribution in [-0.2, 0) is 35.2 Å². The SMILES string of the molecule is CC(C)C1=C2C3CCC4C(C)(CCC5C(C)C(OC(=O)CC(C)(C)C(=O)OC(C)(C)C)CCC54C)C3CCC2(C)CC1=O.CN(C)CCN(CC=O)Cc1ccc(Cl)cc1. The van der Waals surface area contributed by atoms with E-state index in [1.54, 1.807) is 19.4 Å². The Labute approximate surface area is 368 Å². The van der Waals surface area contributed by atoms with E-state index >= 15 is 0 Å². The summed E-state index contributed by atoms with van der Waals surface area (Å²) in [5.41, 5.74) is 3.02. The van der Waals surface area contributed by atoms with Crippen LogP contribution in [0.2, 0.25) is 5.02 Å². The van der Waals surface area contributed by atoms with Crippen molar-refractivity contribution in [2.45, 2.75) is 159 Å². The molecular formula is C51H79ClN2O6. The first-order valence-electron chi connectivity index (χ1n) is 23.1. The highest BCUT2D eigenvalue weighted by Gasteiger charge is 2.64. The van der Waals surface area contributed by atoms with E-state index in [1.807, 2.05) is 59.1 Å². The van der Waals surface area contributed by atoms with Crippen LogP contribution in [0.1, 0.15) is 146 Å². The quantitative estimate of drug-likeness (QED) is 0.152. The molecule has 1 aromatic rings. The number of aldehydes is 1. The summed E-state index contributed by atoms with van der Waals surface area (Å²) in [6.07, 6.45) is 10.9. The second kappa shape index (κ2) is 18.7. The van der Waals surface area contributed by atoms with Crippen molar-refractivity contribution in [3.63, 3.8) is 0 Å². The average molecular weight is 852 g/mol. The molecule has 0 aromatic heterocycles. The van der Waals surface area contributed by atoms with Gasteiger partial charge in [0.05, 0.1) is 18.4 Å². The number of ether oxygens (including phenoxy) is 2. The van der Waals surface area contributed by atoms with Gasteiger partial charge in [-0.3, -0.25) is 19.3 Å². The highest BCUT2D eigenvalue weighted by Crippen LogP contribution is 2.71. The molecule has 0 bridgehead atoms. The summed E-state index contributed by atoms with van der Waals surface area (Å²) in [5, 5.41) is 0.740. The maximum atomic E-state index is 13.3. The molecule has 5 aliphatic carbocycles. The second-order valence-corrected chi connectivity index (χ2v) is 22.9. The maximum absolute atomic E-state index is 13.3. The molecule has 5 aliphatic rings. The number of rotatable bonds is 12. The molecule has 60 heavy (non-hydrogen) atoms. The summed E-state index contributed by atoms with van der Waals surface area (Å²) in [7, 11) is 4.06. The number of hydrogen-bond acceptors (Lipinski definition) is 8. The van der Waals surface area contributed by atoms with Crippen molar-refractivity contribution in [1.29, 1.82) is 0 Å². The summed E-state index contributed by atoms with van der Waals surface area (Å²) in [5.74, 6) is 2.80. The average Bonchev–Trinajstić information content (AvgIpc) is 3.42. The predicted molar refractivity (Wildman–Crippen MR) is 241 cm³/mol. The molecular weight excluding hydrogens is 772 g/mol. The van der Waals surface area contributed by atoms with Gasteiger partial charge >= 0.3 is 11.9 Å². The van der Waals surface area contributed by atoms with E-state index in [1.165, 1.54) is 43.2 Å². The van der Waals surface area contributed by atoms with Crippen molar-refractivity contribution in [2.75, 3.05) is 33.7 Å². The molecule has 9 unspecified atom stereocenters. The molecule has 9 atom stereocenters. The van der Waals surface area contributed by atoms with Gasteiger partial charge < -0.3 is 19.2 Å². The van der Waals surface area contributed by atoms with Crippen molar-refractivity contribution < 1.29 is 28.7 Å². The molecule has 0 saturated heterocycles. The van der Waals surface area contributed by atoms with Crippen LogP contribution in [0.4, 0.5) is 0 Å². The second-order valence-electron chi connectivity index (χ2n) is 22.5. The van der Waals surface area contributed by atoms with Crippen LogP contribution in [0.5, 0.6) is 0 Å². The summed E-state index contributed by atoms with van der Waals surface area (Å²) in [4.78, 5) is 54.1. The summed E-state index contributed by atoms with van der Waals surface area (Å²) >= 11 is 5.84. The van der Waals surface area contributed by atoms with Crippen LogP contribution in [0.3, 0.4) is 0 Å². The molecule has 0 N–H and O–H groups in total. The third-order valence-electron chi connectivity index (χ3n) is 15.8. The minimum absolute atomic E-state index is 0.0342. The van der Waals surface area contributed by atoms with Crippen LogP contribution in [0.25, 0.3) is 0 Å². The minimum atomic E-state index is -0.924. The number of carbonyl (C=O) groups excluding carboxylic acids is 4. The number of likely N-dealkylation sites (N-methyl/N-ethyl adjacent to an activating group) is 1. The van der Waals surface area contributed by atoms with E-state index in [0.717, 1.165) is 56.6 Å². The van der Waals surface area contributed by atoms with E-state index in [0.29, 0.717) is 47.8 Å². The lowest BCUT2D eigenvalue weighted by molar-refractivity contribution is -0.192. The third-order valence-corrected chi connectivity index (χ3v) is 16.1. The maximum Gasteiger partial charge on any atom is 0.312 e. The number of benzene rings is 1. The smallest absolute Gasteiger partial charge is 0.312 e. The van der Waals surface area contributed by atoms with Crippen molar-refractivity contribution in [3.8, 4) is 0 Å². The van der Waals surface area contributed by atoms with Crippen LogP contribution in [0, 0.1) is 57.2 Å². The zero-order valence-electron chi connectivity index (χ0n) is 39.5. The van der Waals surface area contributed by atoms with E-state index in [4.69, 9.17) is 21.1 Å². The van der Waals surface area contributed by atoms with Crippen molar-refractivity contribution in [2.24, 2.45) is 57.2 Å². The zero-order chi connectivity index (χ0) is 44.6. The van der Waals surface area contributed by atoms with E-state index < -0.39 is 11.0 Å². The molecule has 0 heterocycles. The summed E-state index contributed by atoms with van der Waals surface area (Å²) in [6, 6.07) is 7.75. The Bertz CT molecular complexity index is 1750. The van der Waals surface area contributed by atoms with Gasteiger partial charge in [-0.05, 0) is 175 Å². The Kier molecular flexibility index (Phi) is 15.1. The minimum Gasteiger partial charge on any atom is -0.462 e. The Balaban J connectivity index is 0.000000337. The monoisotopic (exact) mass is 851 g/mol. The number of carbonyl (C=O) groups is 4. The number of Topliss-reactive ketones (excluding diaryl/α,β-unsaturated/α-hetero) is 1. The van der Waals surface area contributed by atoms with Gasteiger partial charge in [0.25, 0.3) is 0 Å². The molecule has 0 aliphatic heterocycles. The lowest BCUT2D eigenvalue weighted by atomic mass is 9.38. The first-order valence-corrected chi connectivity index (χ1v) is 23.5. The Morgan fingerprint density at radius 2 is 1.52 bits per heavy atom. The number of ketones is 1. The van der Waals surface area contributed by atoms with Gasteiger partial charge in [-0.25, -0.2) is 0 Å². The van der Waals surface area contributed by atoms with Gasteiger partial charge in [0.15, 0.2) is 5.78 Å². The first kappa shape index (κ1) is 48.5. The van der Waals surface area contributed by atoms with Gasteiger partial charge in [0, 0.05) is 31.1 Å². The number of halogens is 1. The highest BCUT2D eigenvalue weighted by molar-refractivity contribution is 6.30. The molecule has 0 radical (unpaired) electrons. The Morgan fingerprint density at radius 3 is 2.12 bits per heavy atom. The van der Waals surface area contributed by atoms with Gasteiger partial charge in [-0.1, -0.05) is 70.8 Å². The topological polar surface area (TPSA) is 93.2 Å². The molecule has 8 nitrogen and oxygen atoms in total. The van der Waals surface area contributed by atoms with Crippen LogP contribution >= 0.6 is 11.6 Å². The number of fused-ring (bicyclic) bond motifs is 7. The summed E-state index contributed by atoms with van der Waals surface area (Å²) in [6.45, 7) is 26.5. The number of esters is 2. The van der Waals surface area contributed by atoms with Crippen LogP contribution in [-0.4, -0.2) is 79.2 Å². The predicted octanol–water partition coefficient (Wildman–Crippen LogP) is 10.8. The zero-order valence-corrected chi connectivity index (χ0v) is 40.3. The van der Waals surface area contributed by atoms with Crippen LogP contribution < -0.4 is 0 Å². The summed E-state index contributed by atoms with van der Waals surface area (Å²) < 4.78 is 11.8. The Hall–Kier alpha value is -2.55. The van der Waals surface area contributed by atoms with Crippen molar-refractivity contribution in [1.82, 2.24) is 9.80 Å². The van der Waals surface area contributed by atoms with Crippen molar-refractivity contribution >= 4 is 35.6 Å². The van der Waals surface area contributed by atoms with Gasteiger partial charge in [0.2, 0.25) is 0 Å². The van der Waals surface area contributed by atoms with Gasteiger partial charge in [-0.2, -0.15) is 0 Å². The molecule has 4 fully saturated rings. The molecule has 0 spiro atoms. The molecule has 336 valence electrons. The molecule has 9 heteroatoms. The number of allylic oxidation sites excluding steroid dienone is 2. The molecule has 4 saturated carbocycles. The fourth-order valence-electron chi connectivity index (χ4n) is 12.9. The fourth-order valence-corrected chi connectivity index (χ4v) is 13.0. The standard InChI is InChI=1S/C38H60O5.C13H19ClN2O/c1-22(2)31-27(39)20-36(9)17-14-26-24(32(31)36)12-13-29-37(10)19-16-28(23(3)25(37)15-18-38(26,29)11)42-30(40)21-35(7,8)33(41)43-34(4,5)6;1-15(2)7-8-16(9-10-17)11-12-3-5-13(14)6-4-12/h22-26,28-29H,12-21H2,1-11H3;3-6,10H,7-9,11H2,1-2H3. The lowest BCUT2D eigenvalue weighted by Crippen LogP contribution is -2.60. The van der Waals surface area contributed by atoms with Crippen molar-refractivity contribution in [3.05, 3.63) is 46.0 Å². The normalized spacial score (nSPS) is 32.7. The molecule has 0 amide bonds. The number of hydrogen-bond donors (Lipinski definition) is 0. The van der Waals surface area contributed by atoms with E-state index in [-0.39, 0.29) is 40.7 Å². The molecule has 6 rings (SSSR count). The van der Waals surface area contributed by atoms with Gasteiger partial charge in [0.1, 0.15) is 18.0 Å². The first-order chi connectivity index (χ1) is 27.8. The van der Waals surface area contributed by atoms with E-state index in [2.05, 4.69) is 51.3 Å². The molecule has 1 aromatic carbocycles. The fraction of sp³-hybridized carbons (Fsp3) is 0.765. The third kappa shape index (κ3) is 10.4.